The van der Waals surface area contributed by atoms with Gasteiger partial charge in [-0.15, -0.1) is 6.42 Å². The van der Waals surface area contributed by atoms with E-state index in [2.05, 4.69) is 63.1 Å². The molecule has 0 fully saturated rings. The molecule has 0 heterocycles. The lowest BCUT2D eigenvalue weighted by Crippen LogP contribution is -1.89. The maximum atomic E-state index is 5.45. The fraction of sp³-hybridized carbons (Fsp3) is 0.222. The van der Waals surface area contributed by atoms with Crippen molar-refractivity contribution in [2.75, 3.05) is 0 Å². The quantitative estimate of drug-likeness (QED) is 0.657. The summed E-state index contributed by atoms with van der Waals surface area (Å²) < 4.78 is 0. The molecule has 0 amide bonds. The van der Waals surface area contributed by atoms with Crippen molar-refractivity contribution in [2.45, 2.75) is 26.7 Å². The van der Waals surface area contributed by atoms with E-state index in [-0.39, 0.29) is 0 Å². The van der Waals surface area contributed by atoms with Crippen molar-refractivity contribution < 1.29 is 0 Å². The molecule has 0 aliphatic rings. The summed E-state index contributed by atoms with van der Waals surface area (Å²) in [6.07, 6.45) is 5.45. The molecule has 0 heteroatoms. The second kappa shape index (κ2) is 5.10. The summed E-state index contributed by atoms with van der Waals surface area (Å²) in [4.78, 5) is 0. The van der Waals surface area contributed by atoms with Crippen LogP contribution in [0, 0.1) is 19.3 Å². The van der Waals surface area contributed by atoms with Crippen molar-refractivity contribution >= 4 is 0 Å². The first-order chi connectivity index (χ1) is 8.61. The molecule has 2 aromatic carbocycles. The van der Waals surface area contributed by atoms with E-state index in [1.807, 2.05) is 6.07 Å². The minimum atomic E-state index is 0.552. The topological polar surface area (TPSA) is 0 Å². The lowest BCUT2D eigenvalue weighted by atomic mass is 9.95. The van der Waals surface area contributed by atoms with Gasteiger partial charge in [-0.05, 0) is 41.2 Å². The minimum Gasteiger partial charge on any atom is -0.115 e. The van der Waals surface area contributed by atoms with Crippen LogP contribution in [0.5, 0.6) is 0 Å². The second-order valence-corrected chi connectivity index (χ2v) is 4.95. The summed E-state index contributed by atoms with van der Waals surface area (Å²) in [7, 11) is 0. The van der Waals surface area contributed by atoms with Gasteiger partial charge in [-0.2, -0.15) is 0 Å². The highest BCUT2D eigenvalue weighted by atomic mass is 14.1. The van der Waals surface area contributed by atoms with E-state index < -0.39 is 0 Å². The maximum absolute atomic E-state index is 5.45. The van der Waals surface area contributed by atoms with E-state index in [1.165, 1.54) is 16.7 Å². The molecule has 0 aliphatic heterocycles. The molecule has 0 spiro atoms. The molecule has 2 rings (SSSR count). The highest BCUT2D eigenvalue weighted by Gasteiger charge is 2.04. The molecule has 0 saturated carbocycles. The van der Waals surface area contributed by atoms with Gasteiger partial charge >= 0.3 is 0 Å². The Morgan fingerprint density at radius 3 is 2.33 bits per heavy atom. The summed E-state index contributed by atoms with van der Waals surface area (Å²) in [5.74, 6) is 3.26. The number of terminal acetylenes is 1. The van der Waals surface area contributed by atoms with Crippen molar-refractivity contribution in [3.63, 3.8) is 0 Å². The highest BCUT2D eigenvalue weighted by Crippen LogP contribution is 2.25. The molecule has 0 bridgehead atoms. The molecule has 0 saturated heterocycles. The Balaban J connectivity index is 2.46. The van der Waals surface area contributed by atoms with Crippen LogP contribution in [0.1, 0.15) is 36.5 Å². The molecule has 0 atom stereocenters. The van der Waals surface area contributed by atoms with Crippen LogP contribution in [-0.4, -0.2) is 0 Å². The number of hydrogen-bond acceptors (Lipinski definition) is 0. The summed E-state index contributed by atoms with van der Waals surface area (Å²) in [6, 6.07) is 15.0. The highest BCUT2D eigenvalue weighted by molar-refractivity contribution is 5.66. The fourth-order valence-electron chi connectivity index (χ4n) is 2.08. The van der Waals surface area contributed by atoms with Crippen LogP contribution >= 0.6 is 0 Å². The smallest absolute Gasteiger partial charge is 0.0272 e. The lowest BCUT2D eigenvalue weighted by Gasteiger charge is -2.09. The van der Waals surface area contributed by atoms with Gasteiger partial charge in [0.25, 0.3) is 0 Å². The van der Waals surface area contributed by atoms with E-state index in [1.54, 1.807) is 0 Å². The largest absolute Gasteiger partial charge is 0.115 e. The average molecular weight is 234 g/mol. The van der Waals surface area contributed by atoms with E-state index >= 15 is 0 Å². The molecule has 0 radical (unpaired) electrons. The van der Waals surface area contributed by atoms with E-state index in [4.69, 9.17) is 6.42 Å². The van der Waals surface area contributed by atoms with Crippen LogP contribution in [0.4, 0.5) is 0 Å². The maximum Gasteiger partial charge on any atom is 0.0272 e. The summed E-state index contributed by atoms with van der Waals surface area (Å²) in [5, 5.41) is 0. The molecule has 18 heavy (non-hydrogen) atoms. The first-order valence-electron chi connectivity index (χ1n) is 6.29. The average Bonchev–Trinajstić information content (AvgIpc) is 2.38. The third-order valence-electron chi connectivity index (χ3n) is 3.27. The third-order valence-corrected chi connectivity index (χ3v) is 3.27. The molecule has 0 unspecified atom stereocenters. The molecular formula is C18H18. The van der Waals surface area contributed by atoms with Gasteiger partial charge in [0.15, 0.2) is 0 Å². The summed E-state index contributed by atoms with van der Waals surface area (Å²) >= 11 is 0. The van der Waals surface area contributed by atoms with Gasteiger partial charge < -0.3 is 0 Å². The van der Waals surface area contributed by atoms with Gasteiger partial charge in [0.1, 0.15) is 0 Å². The van der Waals surface area contributed by atoms with Crippen LogP contribution in [0.3, 0.4) is 0 Å². The number of aryl methyl sites for hydroxylation is 1. The standard InChI is InChI=1S/C18H18/c1-5-15-9-10-18(11-14(15)4)17-8-6-7-16(12-17)13(2)3/h1,6-13H,2-4H3. The van der Waals surface area contributed by atoms with Crippen molar-refractivity contribution in [1.29, 1.82) is 0 Å². The van der Waals surface area contributed by atoms with E-state index in [9.17, 15) is 0 Å². The Morgan fingerprint density at radius 2 is 1.72 bits per heavy atom. The van der Waals surface area contributed by atoms with Crippen LogP contribution in [-0.2, 0) is 0 Å². The Kier molecular flexibility index (Phi) is 3.53. The Morgan fingerprint density at radius 1 is 1.00 bits per heavy atom. The minimum absolute atomic E-state index is 0.552. The predicted molar refractivity (Wildman–Crippen MR) is 78.6 cm³/mol. The molecule has 90 valence electrons. The number of hydrogen-bond donors (Lipinski definition) is 0. The van der Waals surface area contributed by atoms with Crippen molar-refractivity contribution in [1.82, 2.24) is 0 Å². The Bertz CT molecular complexity index is 598. The van der Waals surface area contributed by atoms with Gasteiger partial charge in [0, 0.05) is 5.56 Å². The zero-order valence-corrected chi connectivity index (χ0v) is 11.2. The molecule has 2 aromatic rings. The first-order valence-corrected chi connectivity index (χ1v) is 6.29. The van der Waals surface area contributed by atoms with Gasteiger partial charge in [0.05, 0.1) is 0 Å². The molecule has 0 N–H and O–H groups in total. The summed E-state index contributed by atoms with van der Waals surface area (Å²) in [6.45, 7) is 6.49. The Labute approximate surface area is 110 Å². The van der Waals surface area contributed by atoms with E-state index in [0.29, 0.717) is 5.92 Å². The monoisotopic (exact) mass is 234 g/mol. The molecule has 0 aromatic heterocycles. The van der Waals surface area contributed by atoms with E-state index in [0.717, 1.165) is 11.1 Å². The zero-order valence-electron chi connectivity index (χ0n) is 11.2. The van der Waals surface area contributed by atoms with Crippen LogP contribution in [0.2, 0.25) is 0 Å². The van der Waals surface area contributed by atoms with Crippen molar-refractivity contribution in [3.8, 4) is 23.5 Å². The second-order valence-electron chi connectivity index (χ2n) is 4.95. The zero-order chi connectivity index (χ0) is 13.1. The molecule has 0 aliphatic carbocycles. The number of rotatable bonds is 2. The molecular weight excluding hydrogens is 216 g/mol. The van der Waals surface area contributed by atoms with Gasteiger partial charge in [-0.3, -0.25) is 0 Å². The first kappa shape index (κ1) is 12.5. The Hall–Kier alpha value is -2.00. The van der Waals surface area contributed by atoms with Crippen LogP contribution in [0.15, 0.2) is 42.5 Å². The molecule has 0 nitrogen and oxygen atoms in total. The third kappa shape index (κ3) is 2.46. The van der Waals surface area contributed by atoms with Gasteiger partial charge in [0.2, 0.25) is 0 Å². The normalized spacial score (nSPS) is 10.4. The number of benzene rings is 2. The fourth-order valence-corrected chi connectivity index (χ4v) is 2.08. The van der Waals surface area contributed by atoms with Crippen LogP contribution < -0.4 is 0 Å². The lowest BCUT2D eigenvalue weighted by molar-refractivity contribution is 0.867. The van der Waals surface area contributed by atoms with Crippen molar-refractivity contribution in [3.05, 3.63) is 59.2 Å². The van der Waals surface area contributed by atoms with Crippen molar-refractivity contribution in [2.24, 2.45) is 0 Å². The van der Waals surface area contributed by atoms with Crippen LogP contribution in [0.25, 0.3) is 11.1 Å². The predicted octanol–water partition coefficient (Wildman–Crippen LogP) is 4.77. The van der Waals surface area contributed by atoms with Gasteiger partial charge in [-0.1, -0.05) is 56.2 Å². The summed E-state index contributed by atoms with van der Waals surface area (Å²) in [5.41, 5.74) is 5.98. The SMILES string of the molecule is C#Cc1ccc(-c2cccc(C(C)C)c2)cc1C. The van der Waals surface area contributed by atoms with Gasteiger partial charge in [-0.25, -0.2) is 0 Å².